The maximum absolute atomic E-state index is 5.43. The molecule has 0 N–H and O–H groups in total. The molecule has 16 heavy (non-hydrogen) atoms. The van der Waals surface area contributed by atoms with Crippen LogP contribution >= 0.6 is 0 Å². The van der Waals surface area contributed by atoms with Crippen LogP contribution in [0, 0.1) is 0 Å². The van der Waals surface area contributed by atoms with Crippen LogP contribution in [0.15, 0.2) is 18.2 Å². The second-order valence-electron chi connectivity index (χ2n) is 6.45. The van der Waals surface area contributed by atoms with E-state index in [-0.39, 0.29) is 0 Å². The Kier molecular flexibility index (Phi) is 3.70. The molecule has 0 unspecified atom stereocenters. The van der Waals surface area contributed by atoms with Crippen LogP contribution in [0.2, 0.25) is 39.3 Å². The average molecular weight is 253 g/mol. The highest BCUT2D eigenvalue weighted by Crippen LogP contribution is 2.13. The summed E-state index contributed by atoms with van der Waals surface area (Å²) in [7, 11) is -0.737. The van der Waals surface area contributed by atoms with Crippen molar-refractivity contribution in [1.82, 2.24) is 0 Å². The number of hydrogen-bond donors (Lipinski definition) is 0. The van der Waals surface area contributed by atoms with Crippen LogP contribution in [0.3, 0.4) is 0 Å². The molecule has 90 valence electrons. The molecule has 0 aromatic heterocycles. The smallest absolute Gasteiger partial charge is 0.118 e. The zero-order valence-corrected chi connectivity index (χ0v) is 13.6. The van der Waals surface area contributed by atoms with Gasteiger partial charge in [0.2, 0.25) is 0 Å². The van der Waals surface area contributed by atoms with Crippen molar-refractivity contribution in [3.63, 3.8) is 0 Å². The quantitative estimate of drug-likeness (QED) is 0.752. The zero-order chi connectivity index (χ0) is 12.6. The van der Waals surface area contributed by atoms with Gasteiger partial charge in [-0.25, -0.2) is 0 Å². The predicted molar refractivity (Wildman–Crippen MR) is 79.0 cm³/mol. The van der Waals surface area contributed by atoms with Gasteiger partial charge in [-0.15, -0.1) is 0 Å². The van der Waals surface area contributed by atoms with Crippen molar-refractivity contribution >= 4 is 26.5 Å². The first-order valence-electron chi connectivity index (χ1n) is 5.84. The summed E-state index contributed by atoms with van der Waals surface area (Å²) in [5.74, 6) is 1.03. The van der Waals surface area contributed by atoms with E-state index in [0.717, 1.165) is 5.75 Å². The molecular formula is C13H24OSi2. The Hall–Kier alpha value is -0.546. The molecular weight excluding hydrogens is 228 g/mol. The lowest BCUT2D eigenvalue weighted by Gasteiger charge is -2.23. The van der Waals surface area contributed by atoms with E-state index >= 15 is 0 Å². The molecule has 3 heteroatoms. The summed E-state index contributed by atoms with van der Waals surface area (Å²) >= 11 is 0. The molecule has 1 nitrogen and oxygen atoms in total. The second kappa shape index (κ2) is 4.37. The molecule has 1 rings (SSSR count). The number of methoxy groups -OCH3 is 1. The summed E-state index contributed by atoms with van der Waals surface area (Å²) < 4.78 is 5.43. The number of rotatable bonds is 3. The molecule has 0 aliphatic heterocycles. The Morgan fingerprint density at radius 3 is 1.38 bits per heavy atom. The van der Waals surface area contributed by atoms with E-state index in [1.54, 1.807) is 7.11 Å². The van der Waals surface area contributed by atoms with E-state index in [1.807, 2.05) is 0 Å². The summed E-state index contributed by atoms with van der Waals surface area (Å²) in [6, 6.07) is 6.85. The molecule has 0 saturated heterocycles. The summed E-state index contributed by atoms with van der Waals surface area (Å²) in [6.07, 6.45) is 0. The van der Waals surface area contributed by atoms with Gasteiger partial charge in [0.05, 0.1) is 23.3 Å². The molecule has 0 heterocycles. The Morgan fingerprint density at radius 2 is 1.12 bits per heavy atom. The number of ether oxygens (including phenoxy) is 1. The van der Waals surface area contributed by atoms with Crippen LogP contribution in [-0.2, 0) is 0 Å². The Morgan fingerprint density at radius 1 is 0.750 bits per heavy atom. The van der Waals surface area contributed by atoms with Gasteiger partial charge in [-0.1, -0.05) is 55.7 Å². The van der Waals surface area contributed by atoms with Gasteiger partial charge in [0.1, 0.15) is 5.75 Å². The van der Waals surface area contributed by atoms with Crippen LogP contribution in [0.5, 0.6) is 5.75 Å². The van der Waals surface area contributed by atoms with E-state index in [2.05, 4.69) is 57.5 Å². The topological polar surface area (TPSA) is 9.23 Å². The average Bonchev–Trinajstić information content (AvgIpc) is 2.14. The summed E-state index contributed by atoms with van der Waals surface area (Å²) in [5, 5.41) is 3.01. The van der Waals surface area contributed by atoms with Gasteiger partial charge in [-0.2, -0.15) is 0 Å². The highest BCUT2D eigenvalue weighted by atomic mass is 28.3. The van der Waals surface area contributed by atoms with Gasteiger partial charge < -0.3 is 4.74 Å². The van der Waals surface area contributed by atoms with Crippen LogP contribution in [0.25, 0.3) is 0 Å². The number of benzene rings is 1. The minimum Gasteiger partial charge on any atom is -0.497 e. The van der Waals surface area contributed by atoms with E-state index in [4.69, 9.17) is 4.74 Å². The fourth-order valence-electron chi connectivity index (χ4n) is 1.58. The predicted octanol–water partition coefficient (Wildman–Crippen LogP) is 2.79. The SMILES string of the molecule is COc1cc([Si](C)(C)C)cc([Si](C)(C)C)c1. The molecule has 0 aliphatic rings. The molecule has 0 saturated carbocycles. The Balaban J connectivity index is 3.33. The highest BCUT2D eigenvalue weighted by molar-refractivity contribution is 6.91. The van der Waals surface area contributed by atoms with Crippen molar-refractivity contribution in [2.24, 2.45) is 0 Å². The van der Waals surface area contributed by atoms with Gasteiger partial charge >= 0.3 is 0 Å². The first-order valence-corrected chi connectivity index (χ1v) is 12.8. The molecule has 0 aliphatic carbocycles. The summed E-state index contributed by atoms with van der Waals surface area (Å²) in [5.41, 5.74) is 0. The van der Waals surface area contributed by atoms with Gasteiger partial charge in [0.25, 0.3) is 0 Å². The molecule has 1 aromatic rings. The molecule has 0 spiro atoms. The van der Waals surface area contributed by atoms with Crippen LogP contribution in [0.4, 0.5) is 0 Å². The third-order valence-corrected chi connectivity index (χ3v) is 6.92. The summed E-state index contributed by atoms with van der Waals surface area (Å²) in [6.45, 7) is 14.3. The monoisotopic (exact) mass is 252 g/mol. The van der Waals surface area contributed by atoms with Gasteiger partial charge in [-0.05, 0) is 12.1 Å². The third kappa shape index (κ3) is 3.22. The van der Waals surface area contributed by atoms with Crippen LogP contribution in [-0.4, -0.2) is 23.3 Å². The standard InChI is InChI=1S/C13H24OSi2/c1-14-11-8-12(15(2,3)4)10-13(9-11)16(5,6)7/h8-10H,1-7H3. The zero-order valence-electron chi connectivity index (χ0n) is 11.6. The molecule has 0 atom stereocenters. The van der Waals surface area contributed by atoms with Gasteiger partial charge in [0, 0.05) is 0 Å². The fourth-order valence-corrected chi connectivity index (χ4v) is 4.05. The highest BCUT2D eigenvalue weighted by Gasteiger charge is 2.22. The summed E-state index contributed by atoms with van der Waals surface area (Å²) in [4.78, 5) is 0. The molecule has 1 aromatic carbocycles. The van der Waals surface area contributed by atoms with Crippen molar-refractivity contribution in [2.45, 2.75) is 39.3 Å². The lowest BCUT2D eigenvalue weighted by Crippen LogP contribution is -2.45. The second-order valence-corrected chi connectivity index (χ2v) is 16.6. The molecule has 0 fully saturated rings. The van der Waals surface area contributed by atoms with Crippen molar-refractivity contribution in [3.05, 3.63) is 18.2 Å². The minimum absolute atomic E-state index is 1.03. The molecule has 0 radical (unpaired) electrons. The lowest BCUT2D eigenvalue weighted by molar-refractivity contribution is 0.415. The van der Waals surface area contributed by atoms with E-state index in [0.29, 0.717) is 0 Å². The fraction of sp³-hybridized carbons (Fsp3) is 0.538. The van der Waals surface area contributed by atoms with E-state index in [9.17, 15) is 0 Å². The van der Waals surface area contributed by atoms with Crippen molar-refractivity contribution < 1.29 is 4.74 Å². The molecule has 0 amide bonds. The Bertz CT molecular complexity index is 340. The van der Waals surface area contributed by atoms with E-state index in [1.165, 1.54) is 10.4 Å². The van der Waals surface area contributed by atoms with Crippen molar-refractivity contribution in [1.29, 1.82) is 0 Å². The van der Waals surface area contributed by atoms with Gasteiger partial charge in [0.15, 0.2) is 0 Å². The minimum atomic E-state index is -1.25. The Labute approximate surface area is 102 Å². The largest absolute Gasteiger partial charge is 0.497 e. The first-order chi connectivity index (χ1) is 7.14. The maximum Gasteiger partial charge on any atom is 0.118 e. The maximum atomic E-state index is 5.43. The van der Waals surface area contributed by atoms with Crippen LogP contribution < -0.4 is 15.1 Å². The normalized spacial score (nSPS) is 12.7. The number of hydrogen-bond acceptors (Lipinski definition) is 1. The van der Waals surface area contributed by atoms with Gasteiger partial charge in [-0.3, -0.25) is 0 Å². The third-order valence-electron chi connectivity index (χ3n) is 2.87. The van der Waals surface area contributed by atoms with Crippen molar-refractivity contribution in [3.8, 4) is 5.75 Å². The van der Waals surface area contributed by atoms with Crippen molar-refractivity contribution in [2.75, 3.05) is 7.11 Å². The van der Waals surface area contributed by atoms with E-state index < -0.39 is 16.1 Å². The van der Waals surface area contributed by atoms with Crippen LogP contribution in [0.1, 0.15) is 0 Å². The molecule has 0 bridgehead atoms. The lowest BCUT2D eigenvalue weighted by atomic mass is 10.3. The first kappa shape index (κ1) is 13.5.